The number of aromatic amines is 1. The van der Waals surface area contributed by atoms with Gasteiger partial charge in [-0.15, -0.1) is 0 Å². The molecule has 0 aliphatic carbocycles. The standard InChI is InChI=1S/C51H61ClN8O12/c1-51(2,3)72-50(66)58-20-17-33(18-21-58)45-37(48(65)60(57-45)49-54-39-14-10-34(52)29-40(39)55-49)13-9-32-7-11-35(12-8-32)70-28-27-69-26-25-68-24-23-67-22-19-53-44(62)31-71-42-6-4-5-36-38(42)30-59(47(36)64)41-15-16-43(61)56-46(41)63/h4-8,10-12,14,29,33,41,65H,9,13,15-28,30-31H2,1-3H3,(H,53,62)(H,54,55)(H,56,61,63). The summed E-state index contributed by atoms with van der Waals surface area (Å²) in [6, 6.07) is 17.4. The quantitative estimate of drug-likeness (QED) is 0.0503. The molecule has 1 unspecified atom stereocenters. The van der Waals surface area contributed by atoms with E-state index in [-0.39, 0.29) is 74.8 Å². The normalized spacial score (nSPS) is 16.3. The molecule has 3 aliphatic heterocycles. The third kappa shape index (κ3) is 13.2. The first-order valence-corrected chi connectivity index (χ1v) is 24.6. The lowest BCUT2D eigenvalue weighted by atomic mass is 9.90. The highest BCUT2D eigenvalue weighted by Crippen LogP contribution is 2.37. The van der Waals surface area contributed by atoms with Gasteiger partial charge in [0.25, 0.3) is 11.8 Å². The number of hydrogen-bond donors (Lipinski definition) is 4. The number of rotatable bonds is 22. The van der Waals surface area contributed by atoms with Gasteiger partial charge in [0.05, 0.1) is 62.9 Å². The number of ether oxygens (including phenoxy) is 6. The van der Waals surface area contributed by atoms with Crippen molar-refractivity contribution in [3.8, 4) is 23.3 Å². The van der Waals surface area contributed by atoms with Gasteiger partial charge in [-0.25, -0.2) is 9.78 Å². The molecule has 4 N–H and O–H groups in total. The molecule has 0 radical (unpaired) electrons. The Kier molecular flexibility index (Phi) is 17.0. The molecule has 0 saturated carbocycles. The van der Waals surface area contributed by atoms with Crippen LogP contribution in [0.3, 0.4) is 0 Å². The Balaban J connectivity index is 0.694. The second-order valence-electron chi connectivity index (χ2n) is 18.7. The zero-order valence-corrected chi connectivity index (χ0v) is 41.5. The number of benzene rings is 3. The minimum atomic E-state index is -0.741. The van der Waals surface area contributed by atoms with Crippen molar-refractivity contribution >= 4 is 52.4 Å². The van der Waals surface area contributed by atoms with E-state index >= 15 is 0 Å². The fourth-order valence-electron chi connectivity index (χ4n) is 8.83. The summed E-state index contributed by atoms with van der Waals surface area (Å²) >= 11 is 6.22. The van der Waals surface area contributed by atoms with Gasteiger partial charge in [0.2, 0.25) is 23.6 Å². The SMILES string of the molecule is CC(C)(C)OC(=O)N1CCC(c2nn(-c3nc4cc(Cl)ccc4[nH]3)c(O)c2CCc2ccc(OCCOCCOCCOCCNC(=O)COc3cccc4c3CN(C3CCC(=O)NC3=O)C4=O)cc2)CC1. The maximum absolute atomic E-state index is 13.0. The topological polar surface area (TPSA) is 238 Å². The van der Waals surface area contributed by atoms with E-state index in [1.54, 1.807) is 35.2 Å². The number of aryl methyl sites for hydroxylation is 1. The van der Waals surface area contributed by atoms with E-state index in [4.69, 9.17) is 45.1 Å². The molecule has 384 valence electrons. The van der Waals surface area contributed by atoms with Gasteiger partial charge in [-0.1, -0.05) is 29.8 Å². The number of aromatic nitrogens is 4. The summed E-state index contributed by atoms with van der Waals surface area (Å²) in [7, 11) is 0. The molecule has 72 heavy (non-hydrogen) atoms. The maximum Gasteiger partial charge on any atom is 0.410 e. The van der Waals surface area contributed by atoms with Gasteiger partial charge in [-0.3, -0.25) is 24.5 Å². The van der Waals surface area contributed by atoms with Crippen LogP contribution >= 0.6 is 11.6 Å². The molecule has 2 saturated heterocycles. The molecule has 8 rings (SSSR count). The van der Waals surface area contributed by atoms with Crippen molar-refractivity contribution in [2.24, 2.45) is 0 Å². The Morgan fingerprint density at radius 2 is 1.60 bits per heavy atom. The van der Waals surface area contributed by atoms with Crippen LogP contribution in [-0.4, -0.2) is 149 Å². The minimum Gasteiger partial charge on any atom is -0.493 e. The van der Waals surface area contributed by atoms with Crippen LogP contribution in [0, 0.1) is 0 Å². The molecule has 2 fully saturated rings. The number of nitrogens with one attached hydrogen (secondary N) is 3. The number of halogens is 1. The van der Waals surface area contributed by atoms with E-state index in [0.29, 0.717) is 118 Å². The molecule has 3 aliphatic rings. The Morgan fingerprint density at radius 1 is 0.875 bits per heavy atom. The number of aromatic hydroxyl groups is 1. The van der Waals surface area contributed by atoms with Gasteiger partial charge < -0.3 is 53.6 Å². The van der Waals surface area contributed by atoms with Crippen molar-refractivity contribution in [1.29, 1.82) is 0 Å². The molecule has 5 heterocycles. The number of carbonyl (C=O) groups excluding carboxylic acids is 5. The number of carbonyl (C=O) groups is 5. The first-order valence-electron chi connectivity index (χ1n) is 24.3. The summed E-state index contributed by atoms with van der Waals surface area (Å²) in [4.78, 5) is 73.3. The summed E-state index contributed by atoms with van der Waals surface area (Å²) in [6.07, 6.45) is 2.59. The zero-order chi connectivity index (χ0) is 50.8. The van der Waals surface area contributed by atoms with Crippen LogP contribution in [0.25, 0.3) is 17.0 Å². The van der Waals surface area contributed by atoms with E-state index < -0.39 is 17.6 Å². The van der Waals surface area contributed by atoms with Gasteiger partial charge in [-0.2, -0.15) is 9.78 Å². The van der Waals surface area contributed by atoms with Crippen LogP contribution in [0.4, 0.5) is 4.79 Å². The van der Waals surface area contributed by atoms with Crippen molar-refractivity contribution in [3.63, 3.8) is 0 Å². The third-order valence-electron chi connectivity index (χ3n) is 12.4. The highest BCUT2D eigenvalue weighted by atomic mass is 35.5. The lowest BCUT2D eigenvalue weighted by molar-refractivity contribution is -0.137. The monoisotopic (exact) mass is 1010 g/mol. The molecule has 0 spiro atoms. The summed E-state index contributed by atoms with van der Waals surface area (Å²) in [5.74, 6) is -0.0189. The van der Waals surface area contributed by atoms with Gasteiger partial charge in [0.1, 0.15) is 29.7 Å². The Labute approximate surface area is 421 Å². The first-order chi connectivity index (χ1) is 34.7. The Bertz CT molecular complexity index is 2730. The van der Waals surface area contributed by atoms with Gasteiger partial charge >= 0.3 is 6.09 Å². The lowest BCUT2D eigenvalue weighted by Gasteiger charge is -2.33. The molecule has 21 heteroatoms. The van der Waals surface area contributed by atoms with Gasteiger partial charge in [-0.05, 0) is 101 Å². The number of imidazole rings is 1. The van der Waals surface area contributed by atoms with Crippen LogP contribution in [0.5, 0.6) is 17.4 Å². The molecule has 20 nitrogen and oxygen atoms in total. The van der Waals surface area contributed by atoms with Crippen LogP contribution < -0.4 is 20.1 Å². The van der Waals surface area contributed by atoms with Crippen molar-refractivity contribution in [1.82, 2.24) is 40.2 Å². The first kappa shape index (κ1) is 51.6. The fraction of sp³-hybridized carbons (Fsp3) is 0.471. The number of imide groups is 1. The van der Waals surface area contributed by atoms with E-state index in [2.05, 4.69) is 20.6 Å². The Hall–Kier alpha value is -6.74. The molecule has 3 aromatic carbocycles. The van der Waals surface area contributed by atoms with Crippen molar-refractivity contribution in [3.05, 3.63) is 93.6 Å². The molecule has 1 atom stereocenters. The number of piperidine rings is 2. The number of likely N-dealkylation sites (tertiary alicyclic amines) is 1. The van der Waals surface area contributed by atoms with E-state index in [0.717, 1.165) is 22.3 Å². The molecule has 5 aromatic rings. The summed E-state index contributed by atoms with van der Waals surface area (Å²) in [6.45, 7) is 9.19. The number of H-pyrrole nitrogens is 1. The van der Waals surface area contributed by atoms with Crippen molar-refractivity contribution < 1.29 is 57.5 Å². The van der Waals surface area contributed by atoms with Gasteiger partial charge in [0, 0.05) is 53.7 Å². The average molecular weight is 1010 g/mol. The molecule has 0 bridgehead atoms. The second-order valence-corrected chi connectivity index (χ2v) is 19.1. The molecular formula is C51H61ClN8O12. The van der Waals surface area contributed by atoms with E-state index in [1.165, 1.54) is 9.58 Å². The van der Waals surface area contributed by atoms with Crippen LogP contribution in [0.2, 0.25) is 5.02 Å². The molecule has 5 amide bonds. The Morgan fingerprint density at radius 3 is 2.32 bits per heavy atom. The minimum absolute atomic E-state index is 0.0152. The summed E-state index contributed by atoms with van der Waals surface area (Å²) < 4.78 is 35.5. The lowest BCUT2D eigenvalue weighted by Crippen LogP contribution is -2.52. The number of nitrogens with zero attached hydrogens (tertiary/aromatic N) is 5. The van der Waals surface area contributed by atoms with Crippen LogP contribution in [0.1, 0.15) is 85.1 Å². The molecular weight excluding hydrogens is 952 g/mol. The maximum atomic E-state index is 13.0. The van der Waals surface area contributed by atoms with Crippen molar-refractivity contribution in [2.45, 2.75) is 83.4 Å². The summed E-state index contributed by atoms with van der Waals surface area (Å²) in [5.41, 5.74) is 4.42. The largest absolute Gasteiger partial charge is 0.493 e. The van der Waals surface area contributed by atoms with Gasteiger partial charge in [0.15, 0.2) is 6.61 Å². The summed E-state index contributed by atoms with van der Waals surface area (Å²) in [5, 5.41) is 22.2. The van der Waals surface area contributed by atoms with E-state index in [1.807, 2.05) is 51.1 Å². The zero-order valence-electron chi connectivity index (χ0n) is 40.7. The number of amides is 5. The molecule has 2 aromatic heterocycles. The highest BCUT2D eigenvalue weighted by Gasteiger charge is 2.40. The second kappa shape index (κ2) is 23.7. The third-order valence-corrected chi connectivity index (χ3v) is 12.7. The van der Waals surface area contributed by atoms with E-state index in [9.17, 15) is 29.1 Å². The number of fused-ring (bicyclic) bond motifs is 2. The average Bonchev–Trinajstić information content (AvgIpc) is 4.03. The highest BCUT2D eigenvalue weighted by molar-refractivity contribution is 6.31. The predicted octanol–water partition coefficient (Wildman–Crippen LogP) is 5.39. The van der Waals surface area contributed by atoms with Crippen LogP contribution in [0.15, 0.2) is 60.7 Å². The van der Waals surface area contributed by atoms with Crippen molar-refractivity contribution in [2.75, 3.05) is 72.5 Å². The number of hydrogen-bond acceptors (Lipinski definition) is 14. The smallest absolute Gasteiger partial charge is 0.410 e. The predicted molar refractivity (Wildman–Crippen MR) is 262 cm³/mol. The van der Waals surface area contributed by atoms with Crippen LogP contribution in [-0.2, 0) is 52.7 Å². The fourth-order valence-corrected chi connectivity index (χ4v) is 9.00.